The number of aliphatic hydroxyl groups is 1. The van der Waals surface area contributed by atoms with E-state index in [0.717, 1.165) is 37.3 Å². The van der Waals surface area contributed by atoms with Crippen LogP contribution >= 0.6 is 11.6 Å². The fourth-order valence-electron chi connectivity index (χ4n) is 3.93. The van der Waals surface area contributed by atoms with E-state index in [9.17, 15) is 9.90 Å². The topological polar surface area (TPSA) is 81.6 Å². The van der Waals surface area contributed by atoms with Gasteiger partial charge in [0.1, 0.15) is 18.0 Å². The van der Waals surface area contributed by atoms with Crippen molar-refractivity contribution >= 4 is 29.1 Å². The van der Waals surface area contributed by atoms with E-state index in [4.69, 9.17) is 11.6 Å². The van der Waals surface area contributed by atoms with Crippen LogP contribution < -0.4 is 10.2 Å². The predicted octanol–water partition coefficient (Wildman–Crippen LogP) is 3.11. The Kier molecular flexibility index (Phi) is 5.84. The second kappa shape index (κ2) is 8.40. The molecular formula is C22H28ClN5O2. The summed E-state index contributed by atoms with van der Waals surface area (Å²) in [7, 11) is 0. The van der Waals surface area contributed by atoms with Crippen molar-refractivity contribution in [2.45, 2.75) is 38.3 Å². The molecule has 1 aliphatic carbocycles. The van der Waals surface area contributed by atoms with Crippen LogP contribution in [0.4, 0.5) is 11.6 Å². The van der Waals surface area contributed by atoms with Crippen molar-refractivity contribution in [1.82, 2.24) is 14.9 Å². The lowest BCUT2D eigenvalue weighted by molar-refractivity contribution is -0.138. The van der Waals surface area contributed by atoms with E-state index in [2.05, 4.69) is 34.0 Å². The van der Waals surface area contributed by atoms with Crippen molar-refractivity contribution in [1.29, 1.82) is 0 Å². The van der Waals surface area contributed by atoms with Crippen LogP contribution in [0.3, 0.4) is 0 Å². The third-order valence-corrected chi connectivity index (χ3v) is 6.05. The van der Waals surface area contributed by atoms with Gasteiger partial charge in [0.2, 0.25) is 5.91 Å². The number of carbonyl (C=O) groups is 1. The first-order chi connectivity index (χ1) is 14.3. The monoisotopic (exact) mass is 429 g/mol. The van der Waals surface area contributed by atoms with Crippen LogP contribution in [0.15, 0.2) is 36.7 Å². The Balaban J connectivity index is 1.38. The van der Waals surface area contributed by atoms with Crippen molar-refractivity contribution in [3.8, 4) is 0 Å². The minimum absolute atomic E-state index is 0.234. The maximum atomic E-state index is 12.6. The van der Waals surface area contributed by atoms with Gasteiger partial charge in [-0.1, -0.05) is 23.7 Å². The van der Waals surface area contributed by atoms with E-state index in [1.54, 1.807) is 12.1 Å². The van der Waals surface area contributed by atoms with Gasteiger partial charge in [-0.25, -0.2) is 9.97 Å². The molecule has 160 valence electrons. The molecule has 1 aromatic heterocycles. The van der Waals surface area contributed by atoms with Gasteiger partial charge >= 0.3 is 0 Å². The molecule has 8 heteroatoms. The predicted molar refractivity (Wildman–Crippen MR) is 118 cm³/mol. The molecule has 1 unspecified atom stereocenters. The third kappa shape index (κ3) is 4.68. The molecule has 4 rings (SSSR count). The normalized spacial score (nSPS) is 19.5. The van der Waals surface area contributed by atoms with E-state index in [1.165, 1.54) is 6.33 Å². The molecule has 1 saturated heterocycles. The number of aliphatic hydroxyl groups excluding tert-OH is 1. The molecular weight excluding hydrogens is 402 g/mol. The van der Waals surface area contributed by atoms with Crippen molar-refractivity contribution in [2.24, 2.45) is 5.92 Å². The molecule has 2 N–H and O–H groups in total. The Labute approximate surface area is 182 Å². The Morgan fingerprint density at radius 3 is 2.67 bits per heavy atom. The average molecular weight is 430 g/mol. The van der Waals surface area contributed by atoms with Gasteiger partial charge in [0.05, 0.1) is 11.6 Å². The summed E-state index contributed by atoms with van der Waals surface area (Å²) < 4.78 is 0. The summed E-state index contributed by atoms with van der Waals surface area (Å²) in [4.78, 5) is 25.5. The zero-order chi connectivity index (χ0) is 21.3. The third-order valence-electron chi connectivity index (χ3n) is 5.80. The highest BCUT2D eigenvalue weighted by molar-refractivity contribution is 6.30. The molecule has 1 amide bonds. The molecule has 0 spiro atoms. The first kappa shape index (κ1) is 20.9. The van der Waals surface area contributed by atoms with Gasteiger partial charge in [0.25, 0.3) is 0 Å². The minimum atomic E-state index is -0.670. The largest absolute Gasteiger partial charge is 0.387 e. The molecule has 0 radical (unpaired) electrons. The van der Waals surface area contributed by atoms with E-state index >= 15 is 0 Å². The molecule has 2 aliphatic rings. The lowest BCUT2D eigenvalue weighted by Crippen LogP contribution is -2.61. The van der Waals surface area contributed by atoms with Crippen LogP contribution in [0, 0.1) is 5.92 Å². The molecule has 1 saturated carbocycles. The van der Waals surface area contributed by atoms with E-state index in [0.29, 0.717) is 29.8 Å². The number of benzene rings is 1. The average Bonchev–Trinajstić information content (AvgIpc) is 3.57. The Hall–Kier alpha value is -2.38. The second-order valence-electron chi connectivity index (χ2n) is 8.71. The Bertz CT molecular complexity index is 901. The zero-order valence-electron chi connectivity index (χ0n) is 17.4. The van der Waals surface area contributed by atoms with E-state index in [1.807, 2.05) is 23.1 Å². The molecule has 2 heterocycles. The van der Waals surface area contributed by atoms with Crippen LogP contribution in [0.25, 0.3) is 0 Å². The van der Waals surface area contributed by atoms with Crippen molar-refractivity contribution in [3.05, 3.63) is 47.2 Å². The van der Waals surface area contributed by atoms with Crippen LogP contribution in [-0.2, 0) is 4.79 Å². The summed E-state index contributed by atoms with van der Waals surface area (Å²) in [6, 6.07) is 9.04. The van der Waals surface area contributed by atoms with Gasteiger partial charge in [-0.15, -0.1) is 0 Å². The molecule has 2 fully saturated rings. The van der Waals surface area contributed by atoms with E-state index in [-0.39, 0.29) is 11.5 Å². The smallest absolute Gasteiger partial charge is 0.226 e. The number of hydrogen-bond donors (Lipinski definition) is 2. The Morgan fingerprint density at radius 1 is 1.27 bits per heavy atom. The minimum Gasteiger partial charge on any atom is -0.387 e. The summed E-state index contributed by atoms with van der Waals surface area (Å²) in [6.45, 7) is 6.71. The highest BCUT2D eigenvalue weighted by Gasteiger charge is 2.42. The molecule has 1 aliphatic heterocycles. The van der Waals surface area contributed by atoms with Crippen molar-refractivity contribution < 1.29 is 9.90 Å². The summed E-state index contributed by atoms with van der Waals surface area (Å²) in [6.07, 6.45) is 2.91. The molecule has 7 nitrogen and oxygen atoms in total. The summed E-state index contributed by atoms with van der Waals surface area (Å²) in [5.74, 6) is 2.00. The Morgan fingerprint density at radius 2 is 2.00 bits per heavy atom. The molecule has 1 aromatic carbocycles. The summed E-state index contributed by atoms with van der Waals surface area (Å²) >= 11 is 5.90. The molecule has 2 aromatic rings. The number of hydrogen-bond acceptors (Lipinski definition) is 6. The number of aromatic nitrogens is 2. The number of piperazine rings is 1. The maximum absolute atomic E-state index is 12.6. The van der Waals surface area contributed by atoms with Gasteiger partial charge in [0.15, 0.2) is 0 Å². The second-order valence-corrected chi connectivity index (χ2v) is 9.14. The quantitative estimate of drug-likeness (QED) is 0.734. The van der Waals surface area contributed by atoms with Gasteiger partial charge in [-0.2, -0.15) is 0 Å². The highest BCUT2D eigenvalue weighted by atomic mass is 35.5. The van der Waals surface area contributed by atoms with Gasteiger partial charge < -0.3 is 20.2 Å². The van der Waals surface area contributed by atoms with Gasteiger partial charge in [-0.3, -0.25) is 4.79 Å². The van der Waals surface area contributed by atoms with Crippen molar-refractivity contribution in [2.75, 3.05) is 36.4 Å². The summed E-state index contributed by atoms with van der Waals surface area (Å²) in [5.41, 5.74) is 0.542. The van der Waals surface area contributed by atoms with Crippen LogP contribution in [0.5, 0.6) is 0 Å². The fraction of sp³-hybridized carbons (Fsp3) is 0.500. The van der Waals surface area contributed by atoms with E-state index < -0.39 is 6.10 Å². The molecule has 0 bridgehead atoms. The first-order valence-electron chi connectivity index (χ1n) is 10.4. The number of rotatable bonds is 6. The highest BCUT2D eigenvalue weighted by Crippen LogP contribution is 2.35. The zero-order valence-corrected chi connectivity index (χ0v) is 18.1. The number of amides is 1. The maximum Gasteiger partial charge on any atom is 0.226 e. The van der Waals surface area contributed by atoms with Gasteiger partial charge in [0, 0.05) is 43.2 Å². The van der Waals surface area contributed by atoms with Crippen molar-refractivity contribution in [3.63, 3.8) is 0 Å². The fourth-order valence-corrected chi connectivity index (χ4v) is 4.06. The summed E-state index contributed by atoms with van der Waals surface area (Å²) in [5, 5.41) is 14.2. The SMILES string of the molecule is CC1(C)CN(c2cc(NCC(O)c3ccc(Cl)cc3)ncn2)CCN1C(=O)C1CC1. The first-order valence-corrected chi connectivity index (χ1v) is 10.8. The molecule has 30 heavy (non-hydrogen) atoms. The van der Waals surface area contributed by atoms with Crippen LogP contribution in [-0.4, -0.2) is 57.6 Å². The molecule has 1 atom stereocenters. The van der Waals surface area contributed by atoms with Crippen LogP contribution in [0.1, 0.15) is 38.4 Å². The number of nitrogens with zero attached hydrogens (tertiary/aromatic N) is 4. The van der Waals surface area contributed by atoms with Gasteiger partial charge in [-0.05, 0) is 44.4 Å². The number of nitrogens with one attached hydrogen (secondary N) is 1. The lowest BCUT2D eigenvalue weighted by Gasteiger charge is -2.47. The lowest BCUT2D eigenvalue weighted by atomic mass is 9.98. The number of carbonyl (C=O) groups excluding carboxylic acids is 1. The van der Waals surface area contributed by atoms with Crippen LogP contribution in [0.2, 0.25) is 5.02 Å². The number of halogens is 1. The number of anilines is 2. The standard InChI is InChI=1S/C22H28ClN5O2/c1-22(2)13-27(9-10-28(22)21(30)16-3-4-16)20-11-19(25-14-26-20)24-12-18(29)15-5-7-17(23)8-6-15/h5-8,11,14,16,18,29H,3-4,9-10,12-13H2,1-2H3,(H,24,25,26).